The van der Waals surface area contributed by atoms with Gasteiger partial charge < -0.3 is 5.32 Å². The van der Waals surface area contributed by atoms with Crippen molar-refractivity contribution in [1.29, 1.82) is 0 Å². The van der Waals surface area contributed by atoms with Crippen molar-refractivity contribution in [3.05, 3.63) is 65.7 Å². The summed E-state index contributed by atoms with van der Waals surface area (Å²) in [6.07, 6.45) is 1.00. The van der Waals surface area contributed by atoms with Crippen LogP contribution in [0.1, 0.15) is 31.9 Å². The average molecular weight is 267 g/mol. The van der Waals surface area contributed by atoms with E-state index in [0.717, 1.165) is 17.7 Å². The Morgan fingerprint density at radius 1 is 1.00 bits per heavy atom. The summed E-state index contributed by atoms with van der Waals surface area (Å²) in [6.45, 7) is 6.00. The zero-order valence-electron chi connectivity index (χ0n) is 12.3. The predicted octanol–water partition coefficient (Wildman–Crippen LogP) is 4.17. The van der Waals surface area contributed by atoms with Crippen LogP contribution in [0.15, 0.2) is 54.6 Å². The van der Waals surface area contributed by atoms with Crippen LogP contribution >= 0.6 is 0 Å². The molecule has 0 aromatic heterocycles. The SMILES string of the molecule is CCc1ccc(NC(=O)C(C)(C)c2ccccc2)cc1. The molecule has 1 amide bonds. The highest BCUT2D eigenvalue weighted by molar-refractivity contribution is 5.98. The Morgan fingerprint density at radius 3 is 2.15 bits per heavy atom. The molecule has 0 radical (unpaired) electrons. The van der Waals surface area contributed by atoms with Crippen LogP contribution in [0, 0.1) is 0 Å². The molecule has 0 aliphatic heterocycles. The zero-order valence-corrected chi connectivity index (χ0v) is 12.3. The lowest BCUT2D eigenvalue weighted by Gasteiger charge is -2.24. The van der Waals surface area contributed by atoms with E-state index in [-0.39, 0.29) is 5.91 Å². The Morgan fingerprint density at radius 2 is 1.60 bits per heavy atom. The summed E-state index contributed by atoms with van der Waals surface area (Å²) in [5, 5.41) is 2.99. The van der Waals surface area contributed by atoms with Gasteiger partial charge in [0.1, 0.15) is 0 Å². The molecule has 0 spiro atoms. The van der Waals surface area contributed by atoms with Gasteiger partial charge in [0.15, 0.2) is 0 Å². The largest absolute Gasteiger partial charge is 0.325 e. The summed E-state index contributed by atoms with van der Waals surface area (Å²) in [6, 6.07) is 17.9. The van der Waals surface area contributed by atoms with Crippen molar-refractivity contribution in [2.75, 3.05) is 5.32 Å². The minimum atomic E-state index is -0.551. The van der Waals surface area contributed by atoms with E-state index in [9.17, 15) is 4.79 Å². The number of carbonyl (C=O) groups is 1. The minimum Gasteiger partial charge on any atom is -0.325 e. The van der Waals surface area contributed by atoms with E-state index in [2.05, 4.69) is 12.2 Å². The summed E-state index contributed by atoms with van der Waals surface area (Å²) in [7, 11) is 0. The monoisotopic (exact) mass is 267 g/mol. The van der Waals surface area contributed by atoms with E-state index in [1.165, 1.54) is 5.56 Å². The second-order valence-corrected chi connectivity index (χ2v) is 5.50. The maximum Gasteiger partial charge on any atom is 0.234 e. The topological polar surface area (TPSA) is 29.1 Å². The number of amides is 1. The van der Waals surface area contributed by atoms with Crippen LogP contribution in [-0.2, 0) is 16.6 Å². The van der Waals surface area contributed by atoms with Gasteiger partial charge >= 0.3 is 0 Å². The summed E-state index contributed by atoms with van der Waals surface area (Å²) < 4.78 is 0. The summed E-state index contributed by atoms with van der Waals surface area (Å²) >= 11 is 0. The predicted molar refractivity (Wildman–Crippen MR) is 83.9 cm³/mol. The van der Waals surface area contributed by atoms with Gasteiger partial charge in [0.2, 0.25) is 5.91 Å². The molecule has 0 aliphatic carbocycles. The van der Waals surface area contributed by atoms with E-state index in [1.54, 1.807) is 0 Å². The third-order valence-electron chi connectivity index (χ3n) is 3.68. The third kappa shape index (κ3) is 3.08. The maximum absolute atomic E-state index is 12.5. The molecular weight excluding hydrogens is 246 g/mol. The highest BCUT2D eigenvalue weighted by atomic mass is 16.2. The number of aryl methyl sites for hydroxylation is 1. The molecule has 2 nitrogen and oxygen atoms in total. The van der Waals surface area contributed by atoms with Crippen LogP contribution in [0.25, 0.3) is 0 Å². The molecule has 2 heteroatoms. The first-order chi connectivity index (χ1) is 9.54. The fourth-order valence-corrected chi connectivity index (χ4v) is 2.10. The molecule has 20 heavy (non-hydrogen) atoms. The number of hydrogen-bond donors (Lipinski definition) is 1. The summed E-state index contributed by atoms with van der Waals surface area (Å²) in [4.78, 5) is 12.5. The quantitative estimate of drug-likeness (QED) is 0.885. The first kappa shape index (κ1) is 14.3. The maximum atomic E-state index is 12.5. The van der Waals surface area contributed by atoms with Crippen molar-refractivity contribution in [2.45, 2.75) is 32.6 Å². The Bertz CT molecular complexity index is 570. The van der Waals surface area contributed by atoms with E-state index in [0.29, 0.717) is 0 Å². The number of benzene rings is 2. The standard InChI is InChI=1S/C18H21NO/c1-4-14-10-12-16(13-11-14)19-17(20)18(2,3)15-8-6-5-7-9-15/h5-13H,4H2,1-3H3,(H,19,20). The van der Waals surface area contributed by atoms with Gasteiger partial charge in [0.05, 0.1) is 5.41 Å². The Hall–Kier alpha value is -2.09. The van der Waals surface area contributed by atoms with Gasteiger partial charge in [-0.25, -0.2) is 0 Å². The van der Waals surface area contributed by atoms with Gasteiger partial charge in [-0.1, -0.05) is 49.4 Å². The molecule has 0 atom stereocenters. The molecule has 0 unspecified atom stereocenters. The van der Waals surface area contributed by atoms with Crippen molar-refractivity contribution in [3.8, 4) is 0 Å². The minimum absolute atomic E-state index is 0.00736. The highest BCUT2D eigenvalue weighted by Crippen LogP contribution is 2.25. The molecular formula is C18H21NO. The molecule has 2 aromatic carbocycles. The number of hydrogen-bond acceptors (Lipinski definition) is 1. The molecule has 104 valence electrons. The van der Waals surface area contributed by atoms with E-state index < -0.39 is 5.41 Å². The highest BCUT2D eigenvalue weighted by Gasteiger charge is 2.29. The number of rotatable bonds is 4. The molecule has 0 saturated heterocycles. The van der Waals surface area contributed by atoms with E-state index in [4.69, 9.17) is 0 Å². The van der Waals surface area contributed by atoms with Crippen molar-refractivity contribution in [3.63, 3.8) is 0 Å². The van der Waals surface area contributed by atoms with Gasteiger partial charge in [-0.3, -0.25) is 4.79 Å². The fourth-order valence-electron chi connectivity index (χ4n) is 2.10. The first-order valence-corrected chi connectivity index (χ1v) is 7.00. The third-order valence-corrected chi connectivity index (χ3v) is 3.68. The van der Waals surface area contributed by atoms with Crippen LogP contribution in [0.3, 0.4) is 0 Å². The normalized spacial score (nSPS) is 11.2. The summed E-state index contributed by atoms with van der Waals surface area (Å²) in [5.74, 6) is 0.00736. The van der Waals surface area contributed by atoms with Gasteiger partial charge in [0, 0.05) is 5.69 Å². The Labute approximate surface area is 120 Å². The molecule has 0 fully saturated rings. The molecule has 0 aliphatic rings. The second kappa shape index (κ2) is 5.91. The lowest BCUT2D eigenvalue weighted by atomic mass is 9.83. The van der Waals surface area contributed by atoms with Crippen molar-refractivity contribution >= 4 is 11.6 Å². The number of carbonyl (C=O) groups excluding carboxylic acids is 1. The first-order valence-electron chi connectivity index (χ1n) is 7.00. The fraction of sp³-hybridized carbons (Fsp3) is 0.278. The molecule has 1 N–H and O–H groups in total. The van der Waals surface area contributed by atoms with Gasteiger partial charge in [-0.2, -0.15) is 0 Å². The van der Waals surface area contributed by atoms with Gasteiger partial charge in [0.25, 0.3) is 0 Å². The molecule has 0 bridgehead atoms. The molecule has 0 heterocycles. The smallest absolute Gasteiger partial charge is 0.234 e. The lowest BCUT2D eigenvalue weighted by Crippen LogP contribution is -2.34. The molecule has 2 aromatic rings. The van der Waals surface area contributed by atoms with E-state index >= 15 is 0 Å². The van der Waals surface area contributed by atoms with Gasteiger partial charge in [-0.05, 0) is 43.5 Å². The van der Waals surface area contributed by atoms with Crippen LogP contribution in [0.4, 0.5) is 5.69 Å². The van der Waals surface area contributed by atoms with Crippen LogP contribution in [-0.4, -0.2) is 5.91 Å². The summed E-state index contributed by atoms with van der Waals surface area (Å²) in [5.41, 5.74) is 2.58. The number of nitrogens with one attached hydrogen (secondary N) is 1. The van der Waals surface area contributed by atoms with Crippen molar-refractivity contribution in [1.82, 2.24) is 0 Å². The zero-order chi connectivity index (χ0) is 14.6. The second-order valence-electron chi connectivity index (χ2n) is 5.50. The van der Waals surface area contributed by atoms with Crippen molar-refractivity contribution in [2.24, 2.45) is 0 Å². The Kier molecular flexibility index (Phi) is 4.23. The lowest BCUT2D eigenvalue weighted by molar-refractivity contribution is -0.120. The Balaban J connectivity index is 2.14. The van der Waals surface area contributed by atoms with Crippen LogP contribution in [0.2, 0.25) is 0 Å². The van der Waals surface area contributed by atoms with Crippen LogP contribution in [0.5, 0.6) is 0 Å². The van der Waals surface area contributed by atoms with Crippen LogP contribution < -0.4 is 5.32 Å². The molecule has 0 saturated carbocycles. The number of anilines is 1. The average Bonchev–Trinajstić information content (AvgIpc) is 2.49. The van der Waals surface area contributed by atoms with Crippen molar-refractivity contribution < 1.29 is 4.79 Å². The van der Waals surface area contributed by atoms with Gasteiger partial charge in [-0.15, -0.1) is 0 Å². The molecule has 2 rings (SSSR count). The van der Waals surface area contributed by atoms with E-state index in [1.807, 2.05) is 68.4 Å².